The fourth-order valence-electron chi connectivity index (χ4n) is 2.33. The van der Waals surface area contributed by atoms with E-state index in [2.05, 4.69) is 15.7 Å². The topological polar surface area (TPSA) is 62.6 Å². The highest BCUT2D eigenvalue weighted by atomic mass is 16.6. The number of nitrogens with zero attached hydrogens (tertiary/aromatic N) is 2. The number of nitriles is 1. The van der Waals surface area contributed by atoms with Crippen LogP contribution < -0.4 is 0 Å². The molecule has 0 spiro atoms. The van der Waals surface area contributed by atoms with Crippen LogP contribution in [0.2, 0.25) is 0 Å². The summed E-state index contributed by atoms with van der Waals surface area (Å²) >= 11 is 0. The van der Waals surface area contributed by atoms with E-state index in [1.54, 1.807) is 0 Å². The normalized spacial score (nSPS) is 27.2. The van der Waals surface area contributed by atoms with Gasteiger partial charge in [-0.2, -0.15) is 5.26 Å². The SMILES string of the molecule is COC(=O)C1CN(CC2(CC#N)CC2)CCO1. The van der Waals surface area contributed by atoms with Gasteiger partial charge in [0.05, 0.1) is 19.8 Å². The maximum absolute atomic E-state index is 11.4. The Morgan fingerprint density at radius 1 is 1.65 bits per heavy atom. The molecule has 1 aliphatic heterocycles. The molecule has 0 aromatic rings. The van der Waals surface area contributed by atoms with Crippen molar-refractivity contribution < 1.29 is 14.3 Å². The highest BCUT2D eigenvalue weighted by molar-refractivity contribution is 5.74. The average Bonchev–Trinajstić information content (AvgIpc) is 3.08. The number of hydrogen-bond acceptors (Lipinski definition) is 5. The van der Waals surface area contributed by atoms with Crippen LogP contribution in [0.1, 0.15) is 19.3 Å². The van der Waals surface area contributed by atoms with Crippen molar-refractivity contribution in [1.82, 2.24) is 4.90 Å². The van der Waals surface area contributed by atoms with Gasteiger partial charge in [0, 0.05) is 26.1 Å². The van der Waals surface area contributed by atoms with Gasteiger partial charge in [-0.25, -0.2) is 4.79 Å². The molecule has 1 unspecified atom stereocenters. The van der Waals surface area contributed by atoms with Crippen LogP contribution in [0.5, 0.6) is 0 Å². The Morgan fingerprint density at radius 3 is 3.00 bits per heavy atom. The fourth-order valence-corrected chi connectivity index (χ4v) is 2.33. The molecule has 2 fully saturated rings. The first-order chi connectivity index (χ1) is 8.19. The first-order valence-electron chi connectivity index (χ1n) is 5.98. The lowest BCUT2D eigenvalue weighted by Gasteiger charge is -2.33. The maximum atomic E-state index is 11.4. The zero-order chi connectivity index (χ0) is 12.3. The van der Waals surface area contributed by atoms with Crippen LogP contribution in [0.4, 0.5) is 0 Å². The second kappa shape index (κ2) is 5.03. The number of esters is 1. The van der Waals surface area contributed by atoms with Gasteiger partial charge in [-0.1, -0.05) is 0 Å². The van der Waals surface area contributed by atoms with E-state index in [-0.39, 0.29) is 11.4 Å². The number of methoxy groups -OCH3 is 1. The van der Waals surface area contributed by atoms with Crippen LogP contribution in [-0.2, 0) is 14.3 Å². The molecular weight excluding hydrogens is 220 g/mol. The van der Waals surface area contributed by atoms with Crippen molar-refractivity contribution in [3.05, 3.63) is 0 Å². The summed E-state index contributed by atoms with van der Waals surface area (Å²) in [6.45, 7) is 2.88. The molecule has 0 aromatic heterocycles. The second-order valence-corrected chi connectivity index (χ2v) is 4.95. The Hall–Kier alpha value is -1.12. The Bertz CT molecular complexity index is 333. The number of rotatable bonds is 4. The van der Waals surface area contributed by atoms with E-state index in [0.29, 0.717) is 19.6 Å². The molecule has 0 N–H and O–H groups in total. The molecule has 0 radical (unpaired) electrons. The summed E-state index contributed by atoms with van der Waals surface area (Å²) in [6, 6.07) is 2.26. The van der Waals surface area contributed by atoms with Crippen molar-refractivity contribution in [2.45, 2.75) is 25.4 Å². The van der Waals surface area contributed by atoms with E-state index in [0.717, 1.165) is 25.9 Å². The van der Waals surface area contributed by atoms with Gasteiger partial charge in [0.15, 0.2) is 6.10 Å². The van der Waals surface area contributed by atoms with Gasteiger partial charge >= 0.3 is 5.97 Å². The number of carbonyl (C=O) groups excluding carboxylic acids is 1. The van der Waals surface area contributed by atoms with Crippen LogP contribution in [-0.4, -0.2) is 50.3 Å². The van der Waals surface area contributed by atoms with Gasteiger partial charge in [0.25, 0.3) is 0 Å². The highest BCUT2D eigenvalue weighted by Crippen LogP contribution is 2.49. The molecule has 2 rings (SSSR count). The van der Waals surface area contributed by atoms with Crippen LogP contribution in [0.3, 0.4) is 0 Å². The molecule has 0 bridgehead atoms. The maximum Gasteiger partial charge on any atom is 0.336 e. The third kappa shape index (κ3) is 2.96. The van der Waals surface area contributed by atoms with Crippen LogP contribution in [0, 0.1) is 16.7 Å². The van der Waals surface area contributed by atoms with Gasteiger partial charge in [0.2, 0.25) is 0 Å². The molecule has 1 saturated carbocycles. The minimum absolute atomic E-state index is 0.187. The van der Waals surface area contributed by atoms with Crippen molar-refractivity contribution >= 4 is 5.97 Å². The molecule has 5 heteroatoms. The van der Waals surface area contributed by atoms with Crippen molar-refractivity contribution in [3.8, 4) is 6.07 Å². The summed E-state index contributed by atoms with van der Waals surface area (Å²) in [7, 11) is 1.38. The molecule has 1 aliphatic carbocycles. The van der Waals surface area contributed by atoms with E-state index in [1.165, 1.54) is 7.11 Å². The lowest BCUT2D eigenvalue weighted by atomic mass is 10.0. The summed E-state index contributed by atoms with van der Waals surface area (Å²) in [5.41, 5.74) is 0.187. The Kier molecular flexibility index (Phi) is 3.65. The van der Waals surface area contributed by atoms with Crippen LogP contribution in [0.25, 0.3) is 0 Å². The number of ether oxygens (including phenoxy) is 2. The second-order valence-electron chi connectivity index (χ2n) is 4.95. The predicted molar refractivity (Wildman–Crippen MR) is 60.1 cm³/mol. The summed E-state index contributed by atoms with van der Waals surface area (Å²) in [5, 5.41) is 8.78. The molecule has 5 nitrogen and oxygen atoms in total. The zero-order valence-electron chi connectivity index (χ0n) is 10.1. The van der Waals surface area contributed by atoms with E-state index < -0.39 is 6.10 Å². The number of morpholine rings is 1. The molecule has 2 aliphatic rings. The first-order valence-corrected chi connectivity index (χ1v) is 5.98. The van der Waals surface area contributed by atoms with Gasteiger partial charge in [-0.05, 0) is 18.3 Å². The van der Waals surface area contributed by atoms with E-state index in [1.807, 2.05) is 0 Å². The minimum atomic E-state index is -0.466. The van der Waals surface area contributed by atoms with E-state index >= 15 is 0 Å². The summed E-state index contributed by atoms with van der Waals surface area (Å²) in [6.07, 6.45) is 2.40. The van der Waals surface area contributed by atoms with Crippen molar-refractivity contribution in [2.75, 3.05) is 33.4 Å². The standard InChI is InChI=1S/C12H18N2O3/c1-16-11(15)10-8-14(6-7-17-10)9-12(2-3-12)4-5-13/h10H,2-4,6-9H2,1H3. The molecule has 17 heavy (non-hydrogen) atoms. The zero-order valence-corrected chi connectivity index (χ0v) is 10.1. The highest BCUT2D eigenvalue weighted by Gasteiger charge is 2.44. The smallest absolute Gasteiger partial charge is 0.336 e. The fraction of sp³-hybridized carbons (Fsp3) is 0.833. The molecule has 0 aromatic carbocycles. The van der Waals surface area contributed by atoms with Gasteiger partial charge in [-0.3, -0.25) is 4.90 Å². The first kappa shape index (κ1) is 12.3. The third-order valence-corrected chi connectivity index (χ3v) is 3.58. The number of carbonyl (C=O) groups is 1. The molecular formula is C12H18N2O3. The average molecular weight is 238 g/mol. The van der Waals surface area contributed by atoms with E-state index in [9.17, 15) is 4.79 Å². The lowest BCUT2D eigenvalue weighted by molar-refractivity contribution is -0.160. The molecule has 94 valence electrons. The molecule has 1 saturated heterocycles. The Morgan fingerprint density at radius 2 is 2.41 bits per heavy atom. The summed E-state index contributed by atoms with van der Waals surface area (Å²) in [4.78, 5) is 13.6. The largest absolute Gasteiger partial charge is 0.467 e. The quantitative estimate of drug-likeness (QED) is 0.669. The summed E-state index contributed by atoms with van der Waals surface area (Å²) in [5.74, 6) is -0.306. The molecule has 1 atom stereocenters. The van der Waals surface area contributed by atoms with Crippen LogP contribution >= 0.6 is 0 Å². The van der Waals surface area contributed by atoms with Crippen molar-refractivity contribution in [2.24, 2.45) is 5.41 Å². The Balaban J connectivity index is 1.86. The van der Waals surface area contributed by atoms with Gasteiger partial charge < -0.3 is 9.47 Å². The predicted octanol–water partition coefficient (Wildman–Crippen LogP) is 0.554. The van der Waals surface area contributed by atoms with Crippen LogP contribution in [0.15, 0.2) is 0 Å². The van der Waals surface area contributed by atoms with E-state index in [4.69, 9.17) is 10.00 Å². The van der Waals surface area contributed by atoms with Crippen molar-refractivity contribution in [1.29, 1.82) is 5.26 Å². The van der Waals surface area contributed by atoms with Gasteiger partial charge in [0.1, 0.15) is 0 Å². The third-order valence-electron chi connectivity index (χ3n) is 3.58. The van der Waals surface area contributed by atoms with Crippen molar-refractivity contribution in [3.63, 3.8) is 0 Å². The van der Waals surface area contributed by atoms with Gasteiger partial charge in [-0.15, -0.1) is 0 Å². The summed E-state index contributed by atoms with van der Waals surface area (Å²) < 4.78 is 10.1. The Labute approximate surface area is 101 Å². The molecule has 1 heterocycles. The number of hydrogen-bond donors (Lipinski definition) is 0. The minimum Gasteiger partial charge on any atom is -0.467 e. The monoisotopic (exact) mass is 238 g/mol. The lowest BCUT2D eigenvalue weighted by Crippen LogP contribution is -2.48. The molecule has 0 amide bonds.